The molecule has 3 heteroatoms. The molecule has 0 radical (unpaired) electrons. The Hall–Kier alpha value is -0.120. The second-order valence-electron chi connectivity index (χ2n) is 10.7. The molecule has 3 N–H and O–H groups in total. The smallest absolute Gasteiger partial charge is 0.0602 e. The lowest BCUT2D eigenvalue weighted by Crippen LogP contribution is -2.67. The molecule has 6 aliphatic carbocycles. The maximum absolute atomic E-state index is 11.2. The van der Waals surface area contributed by atoms with Crippen LogP contribution in [0.3, 0.4) is 0 Å². The number of hydrogen-bond donors (Lipinski definition) is 3. The Morgan fingerprint density at radius 1 is 0.957 bits per heavy atom. The number of hydrogen-bond acceptors (Lipinski definition) is 3. The van der Waals surface area contributed by atoms with Crippen molar-refractivity contribution in [2.24, 2.45) is 45.3 Å². The Morgan fingerprint density at radius 2 is 1.70 bits per heavy atom. The molecule has 4 bridgehead atoms. The predicted molar refractivity (Wildman–Crippen MR) is 87.5 cm³/mol. The topological polar surface area (TPSA) is 60.7 Å². The molecule has 6 aliphatic rings. The van der Waals surface area contributed by atoms with Crippen LogP contribution in [-0.2, 0) is 0 Å². The summed E-state index contributed by atoms with van der Waals surface area (Å²) in [5, 5.41) is 32.3. The van der Waals surface area contributed by atoms with E-state index < -0.39 is 0 Å². The summed E-state index contributed by atoms with van der Waals surface area (Å²) >= 11 is 0. The molecule has 0 aliphatic heterocycles. The van der Waals surface area contributed by atoms with E-state index >= 15 is 0 Å². The average Bonchev–Trinajstić information content (AvgIpc) is 2.97. The summed E-state index contributed by atoms with van der Waals surface area (Å²) in [4.78, 5) is 0. The lowest BCUT2D eigenvalue weighted by molar-refractivity contribution is -0.251. The van der Waals surface area contributed by atoms with Gasteiger partial charge in [0.05, 0.1) is 12.2 Å². The van der Waals surface area contributed by atoms with Crippen LogP contribution in [-0.4, -0.2) is 34.1 Å². The van der Waals surface area contributed by atoms with Gasteiger partial charge in [-0.2, -0.15) is 0 Å². The van der Waals surface area contributed by atoms with E-state index in [-0.39, 0.29) is 41.0 Å². The zero-order valence-electron chi connectivity index (χ0n) is 14.8. The first kappa shape index (κ1) is 15.2. The van der Waals surface area contributed by atoms with E-state index in [4.69, 9.17) is 0 Å². The highest BCUT2D eigenvalue weighted by Gasteiger charge is 2.81. The van der Waals surface area contributed by atoms with Gasteiger partial charge in [-0.25, -0.2) is 0 Å². The molecule has 0 heterocycles. The summed E-state index contributed by atoms with van der Waals surface area (Å²) in [7, 11) is 0. The summed E-state index contributed by atoms with van der Waals surface area (Å²) in [6.45, 7) is 7.09. The van der Waals surface area contributed by atoms with Gasteiger partial charge >= 0.3 is 0 Å². The van der Waals surface area contributed by atoms with Crippen molar-refractivity contribution in [2.75, 3.05) is 6.61 Å². The normalized spacial score (nSPS) is 69.1. The first-order valence-corrected chi connectivity index (χ1v) is 9.69. The van der Waals surface area contributed by atoms with Crippen LogP contribution in [0.25, 0.3) is 0 Å². The van der Waals surface area contributed by atoms with E-state index in [1.54, 1.807) is 0 Å². The van der Waals surface area contributed by atoms with Crippen LogP contribution in [0.5, 0.6) is 0 Å². The molecule has 0 aromatic rings. The Morgan fingerprint density at radius 3 is 2.30 bits per heavy atom. The molecule has 130 valence electrons. The van der Waals surface area contributed by atoms with Gasteiger partial charge in [0, 0.05) is 17.4 Å². The van der Waals surface area contributed by atoms with Crippen molar-refractivity contribution < 1.29 is 15.3 Å². The number of rotatable bonds is 1. The van der Waals surface area contributed by atoms with Crippen molar-refractivity contribution in [3.05, 3.63) is 0 Å². The third-order valence-electron chi connectivity index (χ3n) is 10.1. The van der Waals surface area contributed by atoms with Gasteiger partial charge in [-0.05, 0) is 73.0 Å². The van der Waals surface area contributed by atoms with Crippen LogP contribution in [0, 0.1) is 45.3 Å². The first-order valence-electron chi connectivity index (χ1n) is 9.69. The Labute approximate surface area is 139 Å². The molecule has 0 aromatic heterocycles. The third kappa shape index (κ3) is 1.43. The van der Waals surface area contributed by atoms with E-state index in [2.05, 4.69) is 20.8 Å². The summed E-state index contributed by atoms with van der Waals surface area (Å²) in [5.74, 6) is 2.32. The van der Waals surface area contributed by atoms with Gasteiger partial charge in [0.2, 0.25) is 0 Å². The van der Waals surface area contributed by atoms with Crippen molar-refractivity contribution in [3.8, 4) is 0 Å². The molecule has 6 rings (SSSR count). The number of aliphatic hydroxyl groups is 3. The SMILES string of the molecule is C[C@]1(CO)CC[C@H](O)[C@]2(C)[C@@H]1C[C@H](O)[C@@]13C[C@@H]4[C@@H](C[C@H]12)[C@]4(C)C3. The van der Waals surface area contributed by atoms with Gasteiger partial charge in [0.15, 0.2) is 0 Å². The Balaban J connectivity index is 1.62. The molecule has 3 nitrogen and oxygen atoms in total. The van der Waals surface area contributed by atoms with Crippen LogP contribution in [0.2, 0.25) is 0 Å². The highest BCUT2D eigenvalue weighted by Crippen LogP contribution is 2.85. The second-order valence-corrected chi connectivity index (χ2v) is 10.7. The molecule has 10 atom stereocenters. The van der Waals surface area contributed by atoms with E-state index in [0.717, 1.165) is 31.1 Å². The minimum Gasteiger partial charge on any atom is -0.396 e. The van der Waals surface area contributed by atoms with Crippen LogP contribution < -0.4 is 0 Å². The monoisotopic (exact) mass is 320 g/mol. The summed E-state index contributed by atoms with van der Waals surface area (Å²) in [6, 6.07) is 0. The van der Waals surface area contributed by atoms with Gasteiger partial charge in [-0.15, -0.1) is 0 Å². The van der Waals surface area contributed by atoms with Crippen molar-refractivity contribution >= 4 is 0 Å². The van der Waals surface area contributed by atoms with Crippen LogP contribution in [0.15, 0.2) is 0 Å². The zero-order valence-corrected chi connectivity index (χ0v) is 14.8. The maximum atomic E-state index is 11.2. The maximum Gasteiger partial charge on any atom is 0.0602 e. The van der Waals surface area contributed by atoms with Crippen molar-refractivity contribution in [1.29, 1.82) is 0 Å². The number of aliphatic hydroxyl groups excluding tert-OH is 3. The lowest BCUT2D eigenvalue weighted by Gasteiger charge is -2.68. The average molecular weight is 320 g/mol. The highest BCUT2D eigenvalue weighted by atomic mass is 16.3. The predicted octanol–water partition coefficient (Wildman–Crippen LogP) is 2.58. The van der Waals surface area contributed by atoms with Crippen LogP contribution in [0.1, 0.15) is 59.3 Å². The van der Waals surface area contributed by atoms with Crippen LogP contribution in [0.4, 0.5) is 0 Å². The van der Waals surface area contributed by atoms with Crippen molar-refractivity contribution in [3.63, 3.8) is 0 Å². The molecular formula is C20H32O3. The van der Waals surface area contributed by atoms with Crippen LogP contribution >= 0.6 is 0 Å². The molecule has 23 heavy (non-hydrogen) atoms. The number of fused-ring (bicyclic) bond motifs is 1. The summed E-state index contributed by atoms with van der Waals surface area (Å²) in [5.41, 5.74) is 0.253. The van der Waals surface area contributed by atoms with Gasteiger partial charge in [0.1, 0.15) is 0 Å². The molecule has 0 amide bonds. The minimum absolute atomic E-state index is 0.0497. The van der Waals surface area contributed by atoms with E-state index in [9.17, 15) is 15.3 Å². The molecule has 1 spiro atoms. The fourth-order valence-electron chi connectivity index (χ4n) is 8.73. The van der Waals surface area contributed by atoms with Gasteiger partial charge < -0.3 is 15.3 Å². The van der Waals surface area contributed by atoms with Gasteiger partial charge in [-0.1, -0.05) is 20.8 Å². The fourth-order valence-corrected chi connectivity index (χ4v) is 8.73. The standard InChI is InChI=1S/C20H32O3/c1-17(10-21)5-4-15(22)19(3)13(17)7-16(23)20-8-12-11(6-14(19)20)18(12,2)9-20/h11-16,21-23H,4-10H2,1-3H3/t11-,12-,13-,14+,15+,16+,17-,18+,19-,20-/m1/s1. The quantitative estimate of drug-likeness (QED) is 0.696. The molecule has 6 fully saturated rings. The zero-order chi connectivity index (χ0) is 16.4. The summed E-state index contributed by atoms with van der Waals surface area (Å²) < 4.78 is 0. The van der Waals surface area contributed by atoms with Crippen molar-refractivity contribution in [2.45, 2.75) is 71.5 Å². The first-order chi connectivity index (χ1) is 10.7. The van der Waals surface area contributed by atoms with Gasteiger partial charge in [0.25, 0.3) is 0 Å². The second kappa shape index (κ2) is 3.99. The fraction of sp³-hybridized carbons (Fsp3) is 1.00. The lowest BCUT2D eigenvalue weighted by atomic mass is 9.38. The Kier molecular flexibility index (Phi) is 2.63. The molecule has 0 aromatic carbocycles. The largest absolute Gasteiger partial charge is 0.396 e. The highest BCUT2D eigenvalue weighted by molar-refractivity contribution is 5.29. The third-order valence-corrected chi connectivity index (χ3v) is 10.1. The summed E-state index contributed by atoms with van der Waals surface area (Å²) in [6.07, 6.45) is 5.49. The van der Waals surface area contributed by atoms with Crippen molar-refractivity contribution in [1.82, 2.24) is 0 Å². The molecular weight excluding hydrogens is 288 g/mol. The van der Waals surface area contributed by atoms with E-state index in [1.165, 1.54) is 19.3 Å². The minimum atomic E-state index is -0.274. The van der Waals surface area contributed by atoms with Gasteiger partial charge in [-0.3, -0.25) is 0 Å². The molecule has 0 unspecified atom stereocenters. The molecule has 6 saturated carbocycles. The van der Waals surface area contributed by atoms with E-state index in [0.29, 0.717) is 11.3 Å². The Bertz CT molecular complexity index is 563. The van der Waals surface area contributed by atoms with E-state index in [1.807, 2.05) is 0 Å². The molecule has 0 saturated heterocycles.